The molecule has 0 aromatic heterocycles. The van der Waals surface area contributed by atoms with Gasteiger partial charge in [-0.1, -0.05) is 18.7 Å². The molecular weight excluding hydrogens is 188 g/mol. The summed E-state index contributed by atoms with van der Waals surface area (Å²) < 4.78 is 4.92. The number of ether oxygens (including phenoxy) is 1. The van der Waals surface area contributed by atoms with E-state index in [1.807, 2.05) is 6.92 Å². The number of amidine groups is 1. The van der Waals surface area contributed by atoms with Crippen LogP contribution in [0.2, 0.25) is 0 Å². The second kappa shape index (κ2) is 4.50. The van der Waals surface area contributed by atoms with Crippen molar-refractivity contribution in [1.82, 2.24) is 0 Å². The summed E-state index contributed by atoms with van der Waals surface area (Å²) in [6.45, 7) is 4.19. The van der Waals surface area contributed by atoms with Crippen molar-refractivity contribution in [2.75, 3.05) is 6.61 Å². The molecule has 1 aliphatic rings. The molecule has 13 heavy (non-hydrogen) atoms. The van der Waals surface area contributed by atoms with E-state index in [9.17, 15) is 4.79 Å². The highest BCUT2D eigenvalue weighted by Gasteiger charge is 2.34. The number of hydrogen-bond donors (Lipinski definition) is 1. The maximum atomic E-state index is 11.4. The molecule has 0 spiro atoms. The van der Waals surface area contributed by atoms with Crippen LogP contribution in [0, 0.1) is 0 Å². The van der Waals surface area contributed by atoms with Gasteiger partial charge in [-0.25, -0.2) is 0 Å². The number of carbonyl (C=O) groups is 1. The molecule has 0 amide bonds. The lowest BCUT2D eigenvalue weighted by Gasteiger charge is -2.12. The van der Waals surface area contributed by atoms with E-state index in [0.717, 1.165) is 6.42 Å². The number of hydrogen-bond acceptors (Lipinski definition) is 5. The average Bonchev–Trinajstić information content (AvgIpc) is 2.47. The summed E-state index contributed by atoms with van der Waals surface area (Å²) >= 11 is 1.30. The average molecular weight is 202 g/mol. The Hall–Kier alpha value is -0.710. The molecule has 1 aliphatic heterocycles. The molecule has 2 atom stereocenters. The molecule has 2 N–H and O–H groups in total. The fraction of sp³-hybridized carbons (Fsp3) is 0.750. The second-order valence-electron chi connectivity index (χ2n) is 2.73. The molecule has 1 rings (SSSR count). The van der Waals surface area contributed by atoms with Gasteiger partial charge < -0.3 is 10.5 Å². The minimum Gasteiger partial charge on any atom is -0.465 e. The Bertz CT molecular complexity index is 230. The molecule has 4 nitrogen and oxygen atoms in total. The van der Waals surface area contributed by atoms with Crippen molar-refractivity contribution in [3.63, 3.8) is 0 Å². The number of nitrogens with two attached hydrogens (primary N) is 1. The third-order valence-electron chi connectivity index (χ3n) is 1.83. The summed E-state index contributed by atoms with van der Waals surface area (Å²) in [6, 6.07) is -0.0101. The summed E-state index contributed by atoms with van der Waals surface area (Å²) in [5.41, 5.74) is 5.53. The summed E-state index contributed by atoms with van der Waals surface area (Å²) in [6.07, 6.45) is 0.817. The van der Waals surface area contributed by atoms with Gasteiger partial charge in [0, 0.05) is 0 Å². The molecule has 74 valence electrons. The van der Waals surface area contributed by atoms with Crippen molar-refractivity contribution in [3.05, 3.63) is 0 Å². The summed E-state index contributed by atoms with van der Waals surface area (Å²) in [4.78, 5) is 15.5. The minimum absolute atomic E-state index is 0.0101. The number of nitrogens with zero attached hydrogens (tertiary/aromatic N) is 1. The van der Waals surface area contributed by atoms with Gasteiger partial charge in [0.2, 0.25) is 0 Å². The van der Waals surface area contributed by atoms with E-state index in [4.69, 9.17) is 10.5 Å². The molecule has 0 aromatic carbocycles. The maximum Gasteiger partial charge on any atom is 0.321 e. The number of esters is 1. The van der Waals surface area contributed by atoms with Crippen LogP contribution in [-0.2, 0) is 9.53 Å². The summed E-state index contributed by atoms with van der Waals surface area (Å²) in [7, 11) is 0. The first-order valence-electron chi connectivity index (χ1n) is 4.35. The van der Waals surface area contributed by atoms with E-state index in [-0.39, 0.29) is 17.3 Å². The molecule has 0 aromatic rings. The molecule has 0 bridgehead atoms. The van der Waals surface area contributed by atoms with Crippen LogP contribution in [0.1, 0.15) is 20.3 Å². The van der Waals surface area contributed by atoms with Gasteiger partial charge in [-0.3, -0.25) is 9.79 Å². The summed E-state index contributed by atoms with van der Waals surface area (Å²) in [5, 5.41) is 0.259. The van der Waals surface area contributed by atoms with E-state index < -0.39 is 0 Å². The van der Waals surface area contributed by atoms with E-state index in [2.05, 4.69) is 4.99 Å². The fourth-order valence-corrected chi connectivity index (χ4v) is 2.24. The van der Waals surface area contributed by atoms with Gasteiger partial charge in [0.15, 0.2) is 5.17 Å². The molecule has 0 fully saturated rings. The van der Waals surface area contributed by atoms with E-state index in [1.165, 1.54) is 11.8 Å². The first-order valence-corrected chi connectivity index (χ1v) is 5.23. The summed E-state index contributed by atoms with van der Waals surface area (Å²) in [5.74, 6) is -0.205. The van der Waals surface area contributed by atoms with Crippen molar-refractivity contribution < 1.29 is 9.53 Å². The van der Waals surface area contributed by atoms with Gasteiger partial charge in [-0.2, -0.15) is 0 Å². The molecule has 0 radical (unpaired) electrons. The van der Waals surface area contributed by atoms with Crippen molar-refractivity contribution in [3.8, 4) is 0 Å². The highest BCUT2D eigenvalue weighted by atomic mass is 32.2. The lowest BCUT2D eigenvalue weighted by molar-refractivity contribution is -0.142. The van der Waals surface area contributed by atoms with Gasteiger partial charge in [-0.15, -0.1) is 0 Å². The normalized spacial score (nSPS) is 27.1. The number of aliphatic imine (C=N–C) groups is 1. The Balaban J connectivity index is 2.57. The zero-order valence-electron chi connectivity index (χ0n) is 7.82. The van der Waals surface area contributed by atoms with Crippen molar-refractivity contribution in [1.29, 1.82) is 0 Å². The van der Waals surface area contributed by atoms with Crippen LogP contribution in [0.4, 0.5) is 0 Å². The smallest absolute Gasteiger partial charge is 0.321 e. The van der Waals surface area contributed by atoms with Crippen LogP contribution in [0.3, 0.4) is 0 Å². The van der Waals surface area contributed by atoms with Gasteiger partial charge in [0.25, 0.3) is 0 Å². The lowest BCUT2D eigenvalue weighted by atomic mass is 10.1. The zero-order valence-corrected chi connectivity index (χ0v) is 8.63. The predicted octanol–water partition coefficient (Wildman–Crippen LogP) is 0.758. The van der Waals surface area contributed by atoms with E-state index >= 15 is 0 Å². The van der Waals surface area contributed by atoms with Gasteiger partial charge >= 0.3 is 5.97 Å². The minimum atomic E-state index is -0.232. The third-order valence-corrected chi connectivity index (χ3v) is 2.93. The quantitative estimate of drug-likeness (QED) is 0.686. The van der Waals surface area contributed by atoms with Crippen LogP contribution >= 0.6 is 11.8 Å². The Morgan fingerprint density at radius 3 is 2.92 bits per heavy atom. The Morgan fingerprint density at radius 2 is 2.38 bits per heavy atom. The number of thioether (sulfide) groups is 1. The molecule has 0 saturated carbocycles. The first-order chi connectivity index (χ1) is 6.19. The largest absolute Gasteiger partial charge is 0.465 e. The van der Waals surface area contributed by atoms with Crippen LogP contribution in [-0.4, -0.2) is 29.0 Å². The third kappa shape index (κ3) is 2.37. The Kier molecular flexibility index (Phi) is 3.59. The van der Waals surface area contributed by atoms with Crippen molar-refractivity contribution >= 4 is 22.9 Å². The standard InChI is InChI=1S/C8H14N2O2S/c1-3-5-6(7(11)12-4-2)13-8(9)10-5/h5-6H,3-4H2,1-2H3,(H2,9,10). The van der Waals surface area contributed by atoms with Crippen LogP contribution in [0.25, 0.3) is 0 Å². The molecular formula is C8H14N2O2S. The molecule has 0 aliphatic carbocycles. The Morgan fingerprint density at radius 1 is 1.69 bits per heavy atom. The van der Waals surface area contributed by atoms with Gasteiger partial charge in [-0.05, 0) is 13.3 Å². The Labute approximate surface area is 81.9 Å². The number of carbonyl (C=O) groups excluding carboxylic acids is 1. The molecule has 1 heterocycles. The van der Waals surface area contributed by atoms with E-state index in [1.54, 1.807) is 6.92 Å². The highest BCUT2D eigenvalue weighted by molar-refractivity contribution is 8.15. The predicted molar refractivity (Wildman–Crippen MR) is 53.7 cm³/mol. The molecule has 2 unspecified atom stereocenters. The zero-order chi connectivity index (χ0) is 9.84. The van der Waals surface area contributed by atoms with Crippen molar-refractivity contribution in [2.45, 2.75) is 31.6 Å². The number of rotatable bonds is 3. The topological polar surface area (TPSA) is 64.7 Å². The highest BCUT2D eigenvalue weighted by Crippen LogP contribution is 2.27. The second-order valence-corrected chi connectivity index (χ2v) is 3.90. The van der Waals surface area contributed by atoms with Crippen LogP contribution in [0.15, 0.2) is 4.99 Å². The van der Waals surface area contributed by atoms with E-state index in [0.29, 0.717) is 11.8 Å². The molecule has 5 heteroatoms. The van der Waals surface area contributed by atoms with Crippen LogP contribution < -0.4 is 5.73 Å². The fourth-order valence-electron chi connectivity index (χ4n) is 1.21. The maximum absolute atomic E-state index is 11.4. The van der Waals surface area contributed by atoms with Gasteiger partial charge in [0.05, 0.1) is 12.6 Å². The SMILES string of the molecule is CCOC(=O)C1SC(N)=NC1CC. The van der Waals surface area contributed by atoms with Gasteiger partial charge in [0.1, 0.15) is 5.25 Å². The lowest BCUT2D eigenvalue weighted by Crippen LogP contribution is -2.28. The van der Waals surface area contributed by atoms with Crippen molar-refractivity contribution in [2.24, 2.45) is 10.7 Å². The van der Waals surface area contributed by atoms with Crippen LogP contribution in [0.5, 0.6) is 0 Å². The molecule has 0 saturated heterocycles. The monoisotopic (exact) mass is 202 g/mol. The first kappa shape index (κ1) is 10.4.